The molecule has 1 unspecified atom stereocenters. The van der Waals surface area contributed by atoms with Crippen LogP contribution in [0.3, 0.4) is 0 Å². The number of unbranched alkanes of at least 4 members (excludes halogenated alkanes) is 19. The van der Waals surface area contributed by atoms with Gasteiger partial charge in [-0.1, -0.05) is 183 Å². The number of rotatable bonds is 44. The highest BCUT2D eigenvalue weighted by atomic mass is 16.6. The lowest BCUT2D eigenvalue weighted by Crippen LogP contribution is -2.30. The van der Waals surface area contributed by atoms with Crippen molar-refractivity contribution in [1.29, 1.82) is 0 Å². The first kappa shape index (κ1) is 57.6. The average molecular weight is 849 g/mol. The molecule has 0 saturated heterocycles. The van der Waals surface area contributed by atoms with Crippen molar-refractivity contribution in [3.8, 4) is 0 Å². The molecule has 1 atom stereocenters. The van der Waals surface area contributed by atoms with Gasteiger partial charge in [0.2, 0.25) is 0 Å². The zero-order valence-electron chi connectivity index (χ0n) is 39.7. The lowest BCUT2D eigenvalue weighted by atomic mass is 10.1. The quantitative estimate of drug-likeness (QED) is 0.0263. The predicted molar refractivity (Wildman–Crippen MR) is 261 cm³/mol. The van der Waals surface area contributed by atoms with E-state index in [4.69, 9.17) is 14.2 Å². The van der Waals surface area contributed by atoms with Crippen LogP contribution in [0.4, 0.5) is 0 Å². The van der Waals surface area contributed by atoms with Crippen LogP contribution in [0.2, 0.25) is 0 Å². The van der Waals surface area contributed by atoms with Crippen molar-refractivity contribution in [3.05, 3.63) is 85.1 Å². The maximum atomic E-state index is 12.8. The molecule has 0 aliphatic carbocycles. The monoisotopic (exact) mass is 849 g/mol. The zero-order valence-corrected chi connectivity index (χ0v) is 39.7. The van der Waals surface area contributed by atoms with Crippen molar-refractivity contribution in [3.63, 3.8) is 0 Å². The molecule has 0 N–H and O–H groups in total. The molecule has 348 valence electrons. The van der Waals surface area contributed by atoms with E-state index in [1.165, 1.54) is 44.9 Å². The second-order valence-electron chi connectivity index (χ2n) is 16.3. The minimum absolute atomic E-state index is 0.0944. The Labute approximate surface area is 375 Å². The van der Waals surface area contributed by atoms with E-state index in [2.05, 4.69) is 106 Å². The highest BCUT2D eigenvalue weighted by Gasteiger charge is 2.19. The summed E-state index contributed by atoms with van der Waals surface area (Å²) in [6, 6.07) is 0. The molecule has 0 rings (SSSR count). The van der Waals surface area contributed by atoms with Gasteiger partial charge in [-0.05, 0) is 109 Å². The maximum absolute atomic E-state index is 12.8. The fraction of sp³-hybridized carbons (Fsp3) is 0.691. The van der Waals surface area contributed by atoms with Gasteiger partial charge in [0.1, 0.15) is 13.2 Å². The molecule has 6 nitrogen and oxygen atoms in total. The molecule has 61 heavy (non-hydrogen) atoms. The Morgan fingerprint density at radius 3 is 1.02 bits per heavy atom. The minimum atomic E-state index is -0.795. The van der Waals surface area contributed by atoms with Gasteiger partial charge in [-0.15, -0.1) is 0 Å². The first-order valence-electron chi connectivity index (χ1n) is 25.1. The molecule has 0 aromatic rings. The van der Waals surface area contributed by atoms with Gasteiger partial charge in [0.25, 0.3) is 0 Å². The average Bonchev–Trinajstić information content (AvgIpc) is 3.26. The number of esters is 3. The van der Waals surface area contributed by atoms with Crippen LogP contribution in [0, 0.1) is 0 Å². The van der Waals surface area contributed by atoms with Gasteiger partial charge in [-0.2, -0.15) is 0 Å². The molecule has 0 aliphatic rings. The summed E-state index contributed by atoms with van der Waals surface area (Å²) >= 11 is 0. The van der Waals surface area contributed by atoms with E-state index in [-0.39, 0.29) is 31.1 Å². The van der Waals surface area contributed by atoms with Gasteiger partial charge in [0, 0.05) is 19.3 Å². The zero-order chi connectivity index (χ0) is 44.4. The molecule has 0 bridgehead atoms. The third-order valence-corrected chi connectivity index (χ3v) is 10.4. The van der Waals surface area contributed by atoms with Crippen LogP contribution < -0.4 is 0 Å². The summed E-state index contributed by atoms with van der Waals surface area (Å²) in [6.07, 6.45) is 62.7. The van der Waals surface area contributed by atoms with Crippen LogP contribution in [0.15, 0.2) is 85.1 Å². The highest BCUT2D eigenvalue weighted by molar-refractivity contribution is 5.71. The molecule has 0 saturated carbocycles. The SMILES string of the molecule is CC/C=C\C/C=C\C/C=C\CCCCCCCC(=O)OCC(COC(=O)CCCCCCC/C=C\CCCCCC)OC(=O)CCCCCCC/C=C\C/C=C\C/C=C\CC. The standard InChI is InChI=1S/C55H92O6/c1-4-7-10-13-16-19-22-25-27-30-33-36-39-42-45-48-54(57)60-51-52(50-59-53(56)47-44-41-38-35-32-29-24-21-18-15-12-9-6-3)61-55(58)49-46-43-40-37-34-31-28-26-23-20-17-14-11-8-5-2/h7-8,10-11,16-17,19-21,24-28,52H,4-6,9,12-15,18,22-23,29-51H2,1-3H3/b10-7-,11-8-,19-16-,20-17-,24-21-,27-25-,28-26-. The predicted octanol–water partition coefficient (Wildman–Crippen LogP) is 16.4. The van der Waals surface area contributed by atoms with E-state index in [1.54, 1.807) is 0 Å². The minimum Gasteiger partial charge on any atom is -0.462 e. The van der Waals surface area contributed by atoms with Gasteiger partial charge in [0.15, 0.2) is 6.10 Å². The van der Waals surface area contributed by atoms with Crippen LogP contribution in [0.1, 0.15) is 226 Å². The molecule has 0 spiro atoms. The van der Waals surface area contributed by atoms with Crippen LogP contribution in [0.5, 0.6) is 0 Å². The smallest absolute Gasteiger partial charge is 0.306 e. The molecule has 0 fully saturated rings. The van der Waals surface area contributed by atoms with Crippen molar-refractivity contribution in [2.45, 2.75) is 232 Å². The van der Waals surface area contributed by atoms with Crippen LogP contribution in [-0.2, 0) is 28.6 Å². The Morgan fingerprint density at radius 2 is 0.639 bits per heavy atom. The third-order valence-electron chi connectivity index (χ3n) is 10.4. The Balaban J connectivity index is 4.46. The van der Waals surface area contributed by atoms with E-state index >= 15 is 0 Å². The summed E-state index contributed by atoms with van der Waals surface area (Å²) in [4.78, 5) is 37.9. The number of carbonyl (C=O) groups excluding carboxylic acids is 3. The molecule has 0 aromatic heterocycles. The lowest BCUT2D eigenvalue weighted by molar-refractivity contribution is -0.167. The molecule has 6 heteroatoms. The summed E-state index contributed by atoms with van der Waals surface area (Å²) in [6.45, 7) is 6.35. The second kappa shape index (κ2) is 49.2. The largest absolute Gasteiger partial charge is 0.462 e. The fourth-order valence-corrected chi connectivity index (χ4v) is 6.64. The maximum Gasteiger partial charge on any atom is 0.306 e. The fourth-order valence-electron chi connectivity index (χ4n) is 6.64. The Hall–Kier alpha value is -3.41. The Kier molecular flexibility index (Phi) is 46.5. The van der Waals surface area contributed by atoms with E-state index < -0.39 is 6.10 Å². The summed E-state index contributed by atoms with van der Waals surface area (Å²) in [5, 5.41) is 0. The summed E-state index contributed by atoms with van der Waals surface area (Å²) in [7, 11) is 0. The summed E-state index contributed by atoms with van der Waals surface area (Å²) in [5.41, 5.74) is 0. The van der Waals surface area contributed by atoms with E-state index in [9.17, 15) is 14.4 Å². The molecule has 0 heterocycles. The number of carbonyl (C=O) groups is 3. The van der Waals surface area contributed by atoms with Crippen molar-refractivity contribution in [2.24, 2.45) is 0 Å². The number of hydrogen-bond acceptors (Lipinski definition) is 6. The van der Waals surface area contributed by atoms with Crippen molar-refractivity contribution >= 4 is 17.9 Å². The third kappa shape index (κ3) is 47.5. The van der Waals surface area contributed by atoms with Crippen molar-refractivity contribution in [1.82, 2.24) is 0 Å². The van der Waals surface area contributed by atoms with Gasteiger partial charge < -0.3 is 14.2 Å². The van der Waals surface area contributed by atoms with Gasteiger partial charge in [0.05, 0.1) is 0 Å². The lowest BCUT2D eigenvalue weighted by Gasteiger charge is -2.18. The van der Waals surface area contributed by atoms with Crippen LogP contribution in [0.25, 0.3) is 0 Å². The molecular weight excluding hydrogens is 757 g/mol. The van der Waals surface area contributed by atoms with Gasteiger partial charge in [-0.25, -0.2) is 0 Å². The van der Waals surface area contributed by atoms with Crippen molar-refractivity contribution < 1.29 is 28.6 Å². The molecular formula is C55H92O6. The first-order chi connectivity index (χ1) is 30.0. The Morgan fingerprint density at radius 1 is 0.344 bits per heavy atom. The number of ether oxygens (including phenoxy) is 3. The van der Waals surface area contributed by atoms with Gasteiger partial charge >= 0.3 is 17.9 Å². The van der Waals surface area contributed by atoms with E-state index in [0.717, 1.165) is 141 Å². The van der Waals surface area contributed by atoms with Gasteiger partial charge in [-0.3, -0.25) is 14.4 Å². The topological polar surface area (TPSA) is 78.9 Å². The van der Waals surface area contributed by atoms with E-state index in [0.29, 0.717) is 19.3 Å². The Bertz CT molecular complexity index is 1200. The molecule has 0 aliphatic heterocycles. The molecule has 0 amide bonds. The normalized spacial score (nSPS) is 12.8. The molecule has 0 radical (unpaired) electrons. The first-order valence-corrected chi connectivity index (χ1v) is 25.1. The summed E-state index contributed by atoms with van der Waals surface area (Å²) < 4.78 is 16.7. The summed E-state index contributed by atoms with van der Waals surface area (Å²) in [5.74, 6) is -0.940. The van der Waals surface area contributed by atoms with Crippen LogP contribution >= 0.6 is 0 Å². The number of allylic oxidation sites excluding steroid dienone is 14. The second-order valence-corrected chi connectivity index (χ2v) is 16.3. The van der Waals surface area contributed by atoms with Crippen LogP contribution in [-0.4, -0.2) is 37.2 Å². The van der Waals surface area contributed by atoms with E-state index in [1.807, 2.05) is 0 Å². The molecule has 0 aromatic carbocycles. The highest BCUT2D eigenvalue weighted by Crippen LogP contribution is 2.13. The van der Waals surface area contributed by atoms with Crippen molar-refractivity contribution in [2.75, 3.05) is 13.2 Å². The number of hydrogen-bond donors (Lipinski definition) is 0.